The molecule has 0 aliphatic carbocycles. The molecule has 1 saturated heterocycles. The molecule has 6 nitrogen and oxygen atoms in total. The largest absolute Gasteiger partial charge is 0.315 e. The molecule has 2 aromatic rings. The van der Waals surface area contributed by atoms with E-state index in [0.717, 1.165) is 25.1 Å². The number of nitrogens with zero attached hydrogens (tertiary/aromatic N) is 4. The van der Waals surface area contributed by atoms with Gasteiger partial charge < -0.3 is 4.57 Å². The molecule has 0 spiro atoms. The second-order valence-electron chi connectivity index (χ2n) is 6.64. The van der Waals surface area contributed by atoms with Crippen LogP contribution in [0.3, 0.4) is 0 Å². The van der Waals surface area contributed by atoms with Gasteiger partial charge in [-0.3, -0.25) is 0 Å². The molecular formula is C17H24N4O2S. The molecule has 1 fully saturated rings. The minimum Gasteiger partial charge on any atom is -0.315 e. The quantitative estimate of drug-likeness (QED) is 0.832. The molecular weight excluding hydrogens is 324 g/mol. The number of hydrogen-bond donors (Lipinski definition) is 0. The van der Waals surface area contributed by atoms with Crippen molar-refractivity contribution in [3.8, 4) is 0 Å². The molecule has 1 aliphatic heterocycles. The standard InChI is InChI=1S/C17H24N4O2S/c1-14(2)21-13-18-19-17(21)11-15-7-6-10-20(12-15)24(22,23)16-8-4-3-5-9-16/h3-5,8-9,13-15H,6-7,10-12H2,1-2H3. The second-order valence-corrected chi connectivity index (χ2v) is 8.57. The van der Waals surface area contributed by atoms with E-state index < -0.39 is 10.0 Å². The number of benzene rings is 1. The van der Waals surface area contributed by atoms with Crippen molar-refractivity contribution in [3.63, 3.8) is 0 Å². The normalized spacial score (nSPS) is 19.7. The molecule has 0 amide bonds. The van der Waals surface area contributed by atoms with Crippen molar-refractivity contribution in [2.75, 3.05) is 13.1 Å². The molecule has 24 heavy (non-hydrogen) atoms. The highest BCUT2D eigenvalue weighted by Crippen LogP contribution is 2.26. The Morgan fingerprint density at radius 2 is 2.00 bits per heavy atom. The fourth-order valence-electron chi connectivity index (χ4n) is 3.26. The minimum absolute atomic E-state index is 0.277. The summed E-state index contributed by atoms with van der Waals surface area (Å²) in [4.78, 5) is 0.371. The number of hydrogen-bond acceptors (Lipinski definition) is 4. The van der Waals surface area contributed by atoms with Crippen molar-refractivity contribution in [1.29, 1.82) is 0 Å². The van der Waals surface area contributed by atoms with Gasteiger partial charge in [-0.05, 0) is 44.7 Å². The molecule has 0 N–H and O–H groups in total. The lowest BCUT2D eigenvalue weighted by Crippen LogP contribution is -2.40. The second kappa shape index (κ2) is 7.03. The minimum atomic E-state index is -3.41. The van der Waals surface area contributed by atoms with E-state index in [-0.39, 0.29) is 5.92 Å². The van der Waals surface area contributed by atoms with Crippen LogP contribution in [0.1, 0.15) is 38.6 Å². The molecule has 0 radical (unpaired) electrons. The van der Waals surface area contributed by atoms with Crippen molar-refractivity contribution >= 4 is 10.0 Å². The predicted octanol–water partition coefficient (Wildman–Crippen LogP) is 2.50. The molecule has 1 atom stereocenters. The smallest absolute Gasteiger partial charge is 0.243 e. The number of rotatable bonds is 5. The topological polar surface area (TPSA) is 68.1 Å². The van der Waals surface area contributed by atoms with Crippen LogP contribution in [0.5, 0.6) is 0 Å². The van der Waals surface area contributed by atoms with Crippen LogP contribution in [0.25, 0.3) is 0 Å². The first-order valence-corrected chi connectivity index (χ1v) is 9.86. The average Bonchev–Trinajstić information content (AvgIpc) is 3.04. The lowest BCUT2D eigenvalue weighted by atomic mass is 9.96. The highest BCUT2D eigenvalue weighted by atomic mass is 32.2. The highest BCUT2D eigenvalue weighted by molar-refractivity contribution is 7.89. The van der Waals surface area contributed by atoms with E-state index in [1.807, 2.05) is 6.07 Å². The molecule has 0 bridgehead atoms. The van der Waals surface area contributed by atoms with Crippen LogP contribution in [0, 0.1) is 5.92 Å². The number of sulfonamides is 1. The Morgan fingerprint density at radius 1 is 1.25 bits per heavy atom. The third-order valence-corrected chi connectivity index (χ3v) is 6.42. The zero-order valence-electron chi connectivity index (χ0n) is 14.2. The van der Waals surface area contributed by atoms with Gasteiger partial charge in [0.05, 0.1) is 4.90 Å². The first-order chi connectivity index (χ1) is 11.5. The molecule has 130 valence electrons. The van der Waals surface area contributed by atoms with Crippen molar-refractivity contribution in [1.82, 2.24) is 19.1 Å². The van der Waals surface area contributed by atoms with Gasteiger partial charge in [-0.25, -0.2) is 8.42 Å². The van der Waals surface area contributed by atoms with Crippen molar-refractivity contribution in [2.45, 2.75) is 44.0 Å². The van der Waals surface area contributed by atoms with Crippen molar-refractivity contribution in [2.24, 2.45) is 5.92 Å². The molecule has 3 rings (SSSR count). The number of piperidine rings is 1. The van der Waals surface area contributed by atoms with E-state index >= 15 is 0 Å². The highest BCUT2D eigenvalue weighted by Gasteiger charge is 2.30. The van der Waals surface area contributed by atoms with Gasteiger partial charge in [-0.15, -0.1) is 10.2 Å². The van der Waals surface area contributed by atoms with E-state index in [4.69, 9.17) is 0 Å². The van der Waals surface area contributed by atoms with Crippen LogP contribution in [0.4, 0.5) is 0 Å². The summed E-state index contributed by atoms with van der Waals surface area (Å²) in [7, 11) is -3.41. The van der Waals surface area contributed by atoms with Gasteiger partial charge in [0.1, 0.15) is 12.2 Å². The fourth-order valence-corrected chi connectivity index (χ4v) is 4.83. The van der Waals surface area contributed by atoms with Gasteiger partial charge in [-0.2, -0.15) is 4.31 Å². The lowest BCUT2D eigenvalue weighted by molar-refractivity contribution is 0.260. The molecule has 1 unspecified atom stereocenters. The number of aromatic nitrogens is 3. The Hall–Kier alpha value is -1.73. The Balaban J connectivity index is 1.74. The lowest BCUT2D eigenvalue weighted by Gasteiger charge is -2.32. The van der Waals surface area contributed by atoms with E-state index in [1.165, 1.54) is 0 Å². The summed E-state index contributed by atoms with van der Waals surface area (Å²) in [6.45, 7) is 5.33. The van der Waals surface area contributed by atoms with Crippen molar-refractivity contribution in [3.05, 3.63) is 42.5 Å². The van der Waals surface area contributed by atoms with Crippen LogP contribution < -0.4 is 0 Å². The third-order valence-electron chi connectivity index (χ3n) is 4.54. The van der Waals surface area contributed by atoms with Gasteiger partial charge in [-0.1, -0.05) is 18.2 Å². The van der Waals surface area contributed by atoms with Crippen LogP contribution in [0.2, 0.25) is 0 Å². The Morgan fingerprint density at radius 3 is 2.71 bits per heavy atom. The predicted molar refractivity (Wildman–Crippen MR) is 92.0 cm³/mol. The summed E-state index contributed by atoms with van der Waals surface area (Å²) in [6.07, 6.45) is 4.42. The summed E-state index contributed by atoms with van der Waals surface area (Å²) >= 11 is 0. The van der Waals surface area contributed by atoms with Gasteiger partial charge >= 0.3 is 0 Å². The maximum atomic E-state index is 12.8. The van der Waals surface area contributed by atoms with E-state index in [0.29, 0.717) is 24.0 Å². The summed E-state index contributed by atoms with van der Waals surface area (Å²) in [5, 5.41) is 8.23. The first-order valence-electron chi connectivity index (χ1n) is 8.42. The van der Waals surface area contributed by atoms with Gasteiger partial charge in [0, 0.05) is 25.6 Å². The molecule has 1 aromatic carbocycles. The Bertz CT molecular complexity index is 771. The monoisotopic (exact) mass is 348 g/mol. The molecule has 0 saturated carbocycles. The van der Waals surface area contributed by atoms with Gasteiger partial charge in [0.2, 0.25) is 10.0 Å². The third kappa shape index (κ3) is 3.52. The summed E-state index contributed by atoms with van der Waals surface area (Å²) in [6, 6.07) is 8.99. The molecule has 1 aromatic heterocycles. The van der Waals surface area contributed by atoms with Crippen molar-refractivity contribution < 1.29 is 8.42 Å². The summed E-state index contributed by atoms with van der Waals surface area (Å²) < 4.78 is 29.3. The summed E-state index contributed by atoms with van der Waals surface area (Å²) in [5.41, 5.74) is 0. The SMILES string of the molecule is CC(C)n1cnnc1CC1CCCN(S(=O)(=O)c2ccccc2)C1. The van der Waals surface area contributed by atoms with E-state index in [2.05, 4.69) is 28.6 Å². The maximum Gasteiger partial charge on any atom is 0.243 e. The van der Waals surface area contributed by atoms with Crippen LogP contribution in [-0.4, -0.2) is 40.6 Å². The Kier molecular flexibility index (Phi) is 5.01. The van der Waals surface area contributed by atoms with E-state index in [9.17, 15) is 8.42 Å². The maximum absolute atomic E-state index is 12.8. The zero-order valence-corrected chi connectivity index (χ0v) is 15.0. The molecule has 1 aliphatic rings. The first kappa shape index (κ1) is 17.1. The Labute approximate surface area is 143 Å². The average molecular weight is 348 g/mol. The van der Waals surface area contributed by atoms with Gasteiger partial charge in [0.25, 0.3) is 0 Å². The summed E-state index contributed by atoms with van der Waals surface area (Å²) in [5.74, 6) is 1.22. The van der Waals surface area contributed by atoms with Crippen LogP contribution in [0.15, 0.2) is 41.6 Å². The molecule has 7 heteroatoms. The molecule has 2 heterocycles. The fraction of sp³-hybridized carbons (Fsp3) is 0.529. The zero-order chi connectivity index (χ0) is 17.2. The van der Waals surface area contributed by atoms with E-state index in [1.54, 1.807) is 34.9 Å². The van der Waals surface area contributed by atoms with Crippen LogP contribution >= 0.6 is 0 Å². The van der Waals surface area contributed by atoms with Gasteiger partial charge in [0.15, 0.2) is 0 Å². The van der Waals surface area contributed by atoms with Crippen LogP contribution in [-0.2, 0) is 16.4 Å².